The van der Waals surface area contributed by atoms with Crippen LogP contribution in [0.3, 0.4) is 0 Å². The summed E-state index contributed by atoms with van der Waals surface area (Å²) >= 11 is 6.06. The number of carbonyl (C=O) groups excluding carboxylic acids is 1. The van der Waals surface area contributed by atoms with Gasteiger partial charge in [-0.05, 0) is 38.2 Å². The zero-order valence-corrected chi connectivity index (χ0v) is 11.9. The van der Waals surface area contributed by atoms with E-state index in [0.29, 0.717) is 17.0 Å². The molecule has 1 saturated carbocycles. The zero-order valence-electron chi connectivity index (χ0n) is 11.2. The van der Waals surface area contributed by atoms with Gasteiger partial charge in [0.15, 0.2) is 0 Å². The lowest BCUT2D eigenvalue weighted by Gasteiger charge is -2.19. The molecule has 19 heavy (non-hydrogen) atoms. The van der Waals surface area contributed by atoms with Gasteiger partial charge in [0, 0.05) is 31.4 Å². The molecular weight excluding hydrogens is 262 g/mol. The van der Waals surface area contributed by atoms with Crippen LogP contribution in [0.2, 0.25) is 5.02 Å². The Balaban J connectivity index is 1.77. The van der Waals surface area contributed by atoms with Crippen LogP contribution in [0.1, 0.15) is 42.7 Å². The molecule has 0 spiro atoms. The molecule has 1 aromatic heterocycles. The van der Waals surface area contributed by atoms with Crippen molar-refractivity contribution in [3.05, 3.63) is 23.0 Å². The minimum Gasteiger partial charge on any atom is -0.339 e. The average molecular weight is 282 g/mol. The molecule has 2 fully saturated rings. The molecule has 5 heteroatoms. The van der Waals surface area contributed by atoms with Gasteiger partial charge in [0.1, 0.15) is 5.69 Å². The second kappa shape index (κ2) is 4.84. The maximum Gasteiger partial charge on any atom is 0.270 e. The number of hydrogen-bond acceptors (Lipinski definition) is 2. The van der Waals surface area contributed by atoms with Crippen LogP contribution in [0.25, 0.3) is 0 Å². The molecule has 2 N–H and O–H groups in total. The molecule has 2 atom stereocenters. The van der Waals surface area contributed by atoms with Gasteiger partial charge in [-0.15, -0.1) is 0 Å². The molecule has 1 saturated heterocycles. The van der Waals surface area contributed by atoms with E-state index in [2.05, 4.69) is 0 Å². The van der Waals surface area contributed by atoms with Crippen molar-refractivity contribution in [1.82, 2.24) is 9.47 Å². The Morgan fingerprint density at radius 2 is 2.21 bits per heavy atom. The maximum atomic E-state index is 12.6. The number of carbonyl (C=O) groups is 1. The minimum absolute atomic E-state index is 0.0990. The Hall–Kier alpha value is -1.00. The number of hydrogen-bond donors (Lipinski definition) is 1. The van der Waals surface area contributed by atoms with Crippen LogP contribution in [0.4, 0.5) is 0 Å². The molecule has 1 aromatic rings. The third kappa shape index (κ3) is 2.51. The van der Waals surface area contributed by atoms with Crippen molar-refractivity contribution in [1.29, 1.82) is 0 Å². The molecule has 2 aliphatic rings. The normalized spacial score (nSPS) is 24.8. The number of nitrogens with zero attached hydrogens (tertiary/aromatic N) is 2. The molecule has 1 amide bonds. The summed E-state index contributed by atoms with van der Waals surface area (Å²) in [4.78, 5) is 14.5. The first-order chi connectivity index (χ1) is 9.06. The lowest BCUT2D eigenvalue weighted by molar-refractivity contribution is 0.0775. The van der Waals surface area contributed by atoms with Crippen LogP contribution in [-0.4, -0.2) is 34.5 Å². The van der Waals surface area contributed by atoms with Gasteiger partial charge in [0.2, 0.25) is 0 Å². The summed E-state index contributed by atoms with van der Waals surface area (Å²) in [7, 11) is 0. The highest BCUT2D eigenvalue weighted by Crippen LogP contribution is 2.38. The first kappa shape index (κ1) is 13.0. The Bertz CT molecular complexity index is 493. The van der Waals surface area contributed by atoms with E-state index >= 15 is 0 Å². The number of halogens is 1. The van der Waals surface area contributed by atoms with E-state index in [1.807, 2.05) is 22.6 Å². The van der Waals surface area contributed by atoms with E-state index in [-0.39, 0.29) is 11.9 Å². The molecule has 3 rings (SSSR count). The van der Waals surface area contributed by atoms with Crippen LogP contribution in [0, 0.1) is 5.92 Å². The van der Waals surface area contributed by atoms with Crippen molar-refractivity contribution in [2.45, 2.75) is 38.3 Å². The Labute approximate surface area is 118 Å². The van der Waals surface area contributed by atoms with E-state index in [4.69, 9.17) is 17.3 Å². The fourth-order valence-electron chi connectivity index (χ4n) is 2.83. The van der Waals surface area contributed by atoms with Gasteiger partial charge in [0.05, 0.1) is 5.02 Å². The van der Waals surface area contributed by atoms with Crippen LogP contribution in [-0.2, 0) is 0 Å². The quantitative estimate of drug-likeness (QED) is 0.924. The molecule has 4 nitrogen and oxygen atoms in total. The van der Waals surface area contributed by atoms with E-state index in [1.54, 1.807) is 6.07 Å². The highest BCUT2D eigenvalue weighted by atomic mass is 35.5. The predicted octanol–water partition coefficient (Wildman–Crippen LogP) is 2.29. The van der Waals surface area contributed by atoms with Crippen LogP contribution >= 0.6 is 11.6 Å². The second-order valence-electron chi connectivity index (χ2n) is 5.84. The summed E-state index contributed by atoms with van der Waals surface area (Å²) in [5.74, 6) is 0.519. The van der Waals surface area contributed by atoms with Crippen LogP contribution in [0.5, 0.6) is 0 Å². The van der Waals surface area contributed by atoms with Gasteiger partial charge < -0.3 is 15.2 Å². The van der Waals surface area contributed by atoms with Gasteiger partial charge in [-0.3, -0.25) is 4.79 Å². The van der Waals surface area contributed by atoms with Crippen molar-refractivity contribution in [2.24, 2.45) is 11.7 Å². The average Bonchev–Trinajstić information content (AvgIpc) is 2.95. The monoisotopic (exact) mass is 281 g/mol. The standard InChI is InChI=1S/C14H20ClN3O/c1-9(16)10-4-5-17(7-10)14(19)13-6-11(15)8-18(13)12-2-3-12/h6,8-10,12H,2-5,7,16H2,1H3. The third-order valence-electron chi connectivity index (χ3n) is 4.23. The first-order valence-corrected chi connectivity index (χ1v) is 7.36. The second-order valence-corrected chi connectivity index (χ2v) is 6.28. The molecular formula is C14H20ClN3O. The summed E-state index contributed by atoms with van der Waals surface area (Å²) in [5.41, 5.74) is 6.66. The fraction of sp³-hybridized carbons (Fsp3) is 0.643. The largest absolute Gasteiger partial charge is 0.339 e. The maximum absolute atomic E-state index is 12.6. The predicted molar refractivity (Wildman–Crippen MR) is 75.4 cm³/mol. The SMILES string of the molecule is CC(N)C1CCN(C(=O)c2cc(Cl)cn2C2CC2)C1. The van der Waals surface area contributed by atoms with E-state index in [9.17, 15) is 4.79 Å². The highest BCUT2D eigenvalue weighted by Gasteiger charge is 2.33. The van der Waals surface area contributed by atoms with Gasteiger partial charge in [-0.25, -0.2) is 0 Å². The number of likely N-dealkylation sites (tertiary alicyclic amines) is 1. The summed E-state index contributed by atoms with van der Waals surface area (Å²) in [6.07, 6.45) is 5.17. The van der Waals surface area contributed by atoms with Crippen LogP contribution < -0.4 is 5.73 Å². The summed E-state index contributed by atoms with van der Waals surface area (Å²) in [6.45, 7) is 3.59. The van der Waals surface area contributed by atoms with E-state index in [1.165, 1.54) is 0 Å². The van der Waals surface area contributed by atoms with E-state index < -0.39 is 0 Å². The number of nitrogens with two attached hydrogens (primary N) is 1. The van der Waals surface area contributed by atoms with Gasteiger partial charge >= 0.3 is 0 Å². The molecule has 1 aliphatic carbocycles. The first-order valence-electron chi connectivity index (χ1n) is 6.98. The smallest absolute Gasteiger partial charge is 0.270 e. The van der Waals surface area contributed by atoms with Crippen molar-refractivity contribution in [3.63, 3.8) is 0 Å². The van der Waals surface area contributed by atoms with Crippen molar-refractivity contribution < 1.29 is 4.79 Å². The summed E-state index contributed by atoms with van der Waals surface area (Å²) in [6, 6.07) is 2.41. The topological polar surface area (TPSA) is 51.3 Å². The summed E-state index contributed by atoms with van der Waals surface area (Å²) in [5, 5.41) is 0.651. The lowest BCUT2D eigenvalue weighted by Crippen LogP contribution is -2.33. The zero-order chi connectivity index (χ0) is 13.6. The molecule has 0 bridgehead atoms. The fourth-order valence-corrected chi connectivity index (χ4v) is 3.04. The Morgan fingerprint density at radius 1 is 1.47 bits per heavy atom. The van der Waals surface area contributed by atoms with Crippen molar-refractivity contribution >= 4 is 17.5 Å². The molecule has 2 heterocycles. The minimum atomic E-state index is 0.0990. The van der Waals surface area contributed by atoms with Gasteiger partial charge in [-0.1, -0.05) is 11.6 Å². The number of aromatic nitrogens is 1. The van der Waals surface area contributed by atoms with Crippen molar-refractivity contribution in [2.75, 3.05) is 13.1 Å². The van der Waals surface area contributed by atoms with Gasteiger partial charge in [0.25, 0.3) is 5.91 Å². The molecule has 1 aliphatic heterocycles. The molecule has 0 radical (unpaired) electrons. The molecule has 2 unspecified atom stereocenters. The van der Waals surface area contributed by atoms with Crippen LogP contribution in [0.15, 0.2) is 12.3 Å². The van der Waals surface area contributed by atoms with Gasteiger partial charge in [-0.2, -0.15) is 0 Å². The summed E-state index contributed by atoms with van der Waals surface area (Å²) < 4.78 is 2.05. The van der Waals surface area contributed by atoms with Crippen molar-refractivity contribution in [3.8, 4) is 0 Å². The lowest BCUT2D eigenvalue weighted by atomic mass is 10.0. The Kier molecular flexibility index (Phi) is 3.31. The molecule has 0 aromatic carbocycles. The highest BCUT2D eigenvalue weighted by molar-refractivity contribution is 6.31. The number of rotatable bonds is 3. The van der Waals surface area contributed by atoms with E-state index in [0.717, 1.165) is 38.0 Å². The third-order valence-corrected chi connectivity index (χ3v) is 4.44. The Morgan fingerprint density at radius 3 is 2.79 bits per heavy atom. The molecule has 104 valence electrons. The number of amides is 1.